The molecule has 10 nitrogen and oxygen atoms in total. The van der Waals surface area contributed by atoms with Gasteiger partial charge in [0, 0.05) is 27.7 Å². The first-order chi connectivity index (χ1) is 11.0. The molecule has 0 aromatic carbocycles. The molecule has 10 heteroatoms. The molecule has 1 unspecified atom stereocenters. The minimum Gasteiger partial charge on any atom is -0.460 e. The summed E-state index contributed by atoms with van der Waals surface area (Å²) in [6.45, 7) is 3.35. The first-order valence-corrected chi connectivity index (χ1v) is 7.06. The number of esters is 4. The first-order valence-electron chi connectivity index (χ1n) is 7.06. The van der Waals surface area contributed by atoms with Crippen LogP contribution in [0.2, 0.25) is 0 Å². The highest BCUT2D eigenvalue weighted by Crippen LogP contribution is 2.31. The van der Waals surface area contributed by atoms with Gasteiger partial charge in [-0.2, -0.15) is 0 Å². The minimum atomic E-state index is -2.27. The zero-order valence-corrected chi connectivity index (χ0v) is 13.8. The Labute approximate surface area is 137 Å². The number of carbonyl (C=O) groups is 4. The van der Waals surface area contributed by atoms with Crippen molar-refractivity contribution >= 4 is 23.9 Å². The zero-order chi connectivity index (χ0) is 18.5. The molecule has 0 spiro atoms. The lowest BCUT2D eigenvalue weighted by molar-refractivity contribution is -0.335. The zero-order valence-electron chi connectivity index (χ0n) is 13.8. The van der Waals surface area contributed by atoms with E-state index in [9.17, 15) is 24.3 Å². The summed E-state index contributed by atoms with van der Waals surface area (Å²) in [5, 5.41) is 10.6. The fourth-order valence-corrected chi connectivity index (χ4v) is 2.17. The van der Waals surface area contributed by atoms with E-state index >= 15 is 0 Å². The molecule has 1 fully saturated rings. The Morgan fingerprint density at radius 3 is 1.96 bits per heavy atom. The maximum atomic E-state index is 11.4. The van der Waals surface area contributed by atoms with E-state index in [1.807, 2.05) is 0 Å². The van der Waals surface area contributed by atoms with Crippen molar-refractivity contribution in [1.29, 1.82) is 0 Å². The lowest BCUT2D eigenvalue weighted by Crippen LogP contribution is -2.65. The van der Waals surface area contributed by atoms with Crippen LogP contribution in [-0.2, 0) is 42.9 Å². The second-order valence-corrected chi connectivity index (χ2v) is 5.19. The van der Waals surface area contributed by atoms with Crippen molar-refractivity contribution in [2.24, 2.45) is 0 Å². The van der Waals surface area contributed by atoms with Crippen LogP contribution in [0.25, 0.3) is 0 Å². The lowest BCUT2D eigenvalue weighted by atomic mass is 9.96. The van der Waals surface area contributed by atoms with E-state index in [0.717, 1.165) is 27.7 Å². The van der Waals surface area contributed by atoms with Crippen molar-refractivity contribution < 1.29 is 48.0 Å². The molecule has 1 aliphatic heterocycles. The maximum absolute atomic E-state index is 11.4. The van der Waals surface area contributed by atoms with Gasteiger partial charge in [0.2, 0.25) is 5.79 Å². The summed E-state index contributed by atoms with van der Waals surface area (Å²) in [6, 6.07) is 0. The van der Waals surface area contributed by atoms with Gasteiger partial charge < -0.3 is 28.8 Å². The van der Waals surface area contributed by atoms with Gasteiger partial charge in [-0.15, -0.1) is 0 Å². The van der Waals surface area contributed by atoms with E-state index in [0.29, 0.717) is 0 Å². The van der Waals surface area contributed by atoms with Crippen LogP contribution >= 0.6 is 0 Å². The largest absolute Gasteiger partial charge is 0.460 e. The third kappa shape index (κ3) is 5.46. The number of aliphatic hydroxyl groups is 1. The smallest absolute Gasteiger partial charge is 0.303 e. The fraction of sp³-hybridized carbons (Fsp3) is 0.714. The SMILES string of the molecule is CC(=O)OCC1(O)OC[C@H](OC(C)=O)[C@@H](OC(C)=O)[C@@H]1OC(C)=O. The summed E-state index contributed by atoms with van der Waals surface area (Å²) in [5.74, 6) is -5.24. The van der Waals surface area contributed by atoms with Crippen LogP contribution < -0.4 is 0 Å². The van der Waals surface area contributed by atoms with Gasteiger partial charge in [0.15, 0.2) is 18.3 Å². The Morgan fingerprint density at radius 2 is 1.50 bits per heavy atom. The van der Waals surface area contributed by atoms with E-state index in [1.54, 1.807) is 0 Å². The second kappa shape index (κ2) is 8.06. The molecule has 0 amide bonds. The average Bonchev–Trinajstić information content (AvgIpc) is 2.43. The highest BCUT2D eigenvalue weighted by Gasteiger charge is 2.56. The molecule has 136 valence electrons. The third-order valence-electron chi connectivity index (χ3n) is 3.00. The molecule has 1 saturated heterocycles. The van der Waals surface area contributed by atoms with Gasteiger partial charge in [-0.3, -0.25) is 19.2 Å². The van der Waals surface area contributed by atoms with Gasteiger partial charge in [-0.25, -0.2) is 0 Å². The monoisotopic (exact) mass is 348 g/mol. The van der Waals surface area contributed by atoms with Crippen LogP contribution in [0.1, 0.15) is 27.7 Å². The predicted octanol–water partition coefficient (Wildman–Crippen LogP) is -0.937. The molecule has 1 heterocycles. The minimum absolute atomic E-state index is 0.368. The van der Waals surface area contributed by atoms with E-state index in [1.165, 1.54) is 0 Å². The van der Waals surface area contributed by atoms with Crippen LogP contribution in [0.3, 0.4) is 0 Å². The number of hydrogen-bond acceptors (Lipinski definition) is 10. The lowest BCUT2D eigenvalue weighted by Gasteiger charge is -2.44. The van der Waals surface area contributed by atoms with Crippen LogP contribution in [0.4, 0.5) is 0 Å². The Hall–Kier alpha value is -2.20. The van der Waals surface area contributed by atoms with Gasteiger partial charge in [-0.1, -0.05) is 0 Å². The summed E-state index contributed by atoms with van der Waals surface area (Å²) in [6.07, 6.45) is -4.03. The molecule has 0 saturated carbocycles. The van der Waals surface area contributed by atoms with Gasteiger partial charge in [0.25, 0.3) is 0 Å². The van der Waals surface area contributed by atoms with Crippen molar-refractivity contribution in [1.82, 2.24) is 0 Å². The number of ether oxygens (including phenoxy) is 5. The van der Waals surface area contributed by atoms with E-state index in [4.69, 9.17) is 23.7 Å². The highest BCUT2D eigenvalue weighted by atomic mass is 16.7. The van der Waals surface area contributed by atoms with Crippen LogP contribution in [0.15, 0.2) is 0 Å². The van der Waals surface area contributed by atoms with Gasteiger partial charge in [0.1, 0.15) is 6.61 Å². The third-order valence-corrected chi connectivity index (χ3v) is 3.00. The van der Waals surface area contributed by atoms with Crippen molar-refractivity contribution in [2.75, 3.05) is 13.2 Å². The van der Waals surface area contributed by atoms with Crippen molar-refractivity contribution in [2.45, 2.75) is 51.8 Å². The summed E-state index contributed by atoms with van der Waals surface area (Å²) < 4.78 is 24.9. The van der Waals surface area contributed by atoms with Gasteiger partial charge in [0.05, 0.1) is 6.61 Å². The van der Waals surface area contributed by atoms with Crippen molar-refractivity contribution in [3.05, 3.63) is 0 Å². The predicted molar refractivity (Wildman–Crippen MR) is 74.2 cm³/mol. The quantitative estimate of drug-likeness (QED) is 0.490. The van der Waals surface area contributed by atoms with E-state index < -0.39 is 54.6 Å². The normalized spacial score (nSPS) is 29.3. The number of carbonyl (C=O) groups excluding carboxylic acids is 4. The summed E-state index contributed by atoms with van der Waals surface area (Å²) in [7, 11) is 0. The van der Waals surface area contributed by atoms with Gasteiger partial charge in [-0.05, 0) is 0 Å². The Bertz CT molecular complexity index is 516. The van der Waals surface area contributed by atoms with Crippen LogP contribution in [-0.4, -0.2) is 66.3 Å². The molecular formula is C14H20O10. The molecule has 0 bridgehead atoms. The molecule has 0 aromatic heterocycles. The van der Waals surface area contributed by atoms with Crippen molar-refractivity contribution in [3.63, 3.8) is 0 Å². The highest BCUT2D eigenvalue weighted by molar-refractivity contribution is 5.68. The van der Waals surface area contributed by atoms with E-state index in [2.05, 4.69) is 0 Å². The topological polar surface area (TPSA) is 135 Å². The molecule has 0 aromatic rings. The fourth-order valence-electron chi connectivity index (χ4n) is 2.17. The molecular weight excluding hydrogens is 328 g/mol. The molecule has 0 radical (unpaired) electrons. The second-order valence-electron chi connectivity index (χ2n) is 5.19. The van der Waals surface area contributed by atoms with Crippen LogP contribution in [0, 0.1) is 0 Å². The molecule has 1 aliphatic rings. The summed E-state index contributed by atoms with van der Waals surface area (Å²) in [4.78, 5) is 44.9. The molecule has 24 heavy (non-hydrogen) atoms. The molecule has 1 rings (SSSR count). The molecule has 1 N–H and O–H groups in total. The van der Waals surface area contributed by atoms with Gasteiger partial charge >= 0.3 is 23.9 Å². The van der Waals surface area contributed by atoms with E-state index in [-0.39, 0.29) is 6.61 Å². The number of hydrogen-bond donors (Lipinski definition) is 1. The Morgan fingerprint density at radius 1 is 0.958 bits per heavy atom. The average molecular weight is 348 g/mol. The summed E-state index contributed by atoms with van der Waals surface area (Å²) in [5.41, 5.74) is 0. The maximum Gasteiger partial charge on any atom is 0.303 e. The first kappa shape index (κ1) is 19.8. The van der Waals surface area contributed by atoms with Crippen LogP contribution in [0.5, 0.6) is 0 Å². The molecule has 4 atom stereocenters. The summed E-state index contributed by atoms with van der Waals surface area (Å²) >= 11 is 0. The molecule has 0 aliphatic carbocycles. The van der Waals surface area contributed by atoms with Crippen molar-refractivity contribution in [3.8, 4) is 0 Å². The number of rotatable bonds is 5. The Kier molecular flexibility index (Phi) is 6.67. The Balaban J connectivity index is 3.14. The standard InChI is InChI=1S/C14H20O10/c1-7(15)20-6-14(19)13(24-10(4)18)12(23-9(3)17)11(5-21-14)22-8(2)16/h11-13,19H,5-6H2,1-4H3/t11-,12+,13-,14?/m0/s1.